The summed E-state index contributed by atoms with van der Waals surface area (Å²) in [6, 6.07) is 28.6. The number of carbonyl (C=O) groups excluding carboxylic acids is 3. The van der Waals surface area contributed by atoms with E-state index in [-0.39, 0.29) is 45.8 Å². The molecule has 8 rings (SSSR count). The summed E-state index contributed by atoms with van der Waals surface area (Å²) in [4.78, 5) is 60.3. The predicted molar refractivity (Wildman–Crippen MR) is 277 cm³/mol. The summed E-state index contributed by atoms with van der Waals surface area (Å²) in [5.41, 5.74) is 2.00. The molecule has 1 aliphatic carbocycles. The lowest BCUT2D eigenvalue weighted by Gasteiger charge is -2.51. The molecule has 1 atom stereocenters. The maximum absolute atomic E-state index is 13.5. The van der Waals surface area contributed by atoms with Crippen LogP contribution in [0.1, 0.15) is 90.2 Å². The molecule has 69 heavy (non-hydrogen) atoms. The van der Waals surface area contributed by atoms with Gasteiger partial charge in [-0.3, -0.25) is 14.4 Å². The van der Waals surface area contributed by atoms with Crippen LogP contribution in [0.25, 0.3) is 10.9 Å². The number of piperidine rings is 1. The Hall–Kier alpha value is -5.46. The minimum atomic E-state index is -2.24. The van der Waals surface area contributed by atoms with E-state index in [2.05, 4.69) is 54.4 Å². The highest BCUT2D eigenvalue weighted by molar-refractivity contribution is 7.12. The van der Waals surface area contributed by atoms with E-state index >= 15 is 0 Å². The van der Waals surface area contributed by atoms with Crippen LogP contribution in [0.15, 0.2) is 113 Å². The molecule has 5 N–H and O–H groups in total. The lowest BCUT2D eigenvalue weighted by Crippen LogP contribution is -2.52. The van der Waals surface area contributed by atoms with E-state index in [0.29, 0.717) is 58.3 Å². The fourth-order valence-electron chi connectivity index (χ4n) is 9.14. The largest absolute Gasteiger partial charge is 0.506 e. The average Bonchev–Trinajstić information content (AvgIpc) is 4.08. The van der Waals surface area contributed by atoms with Gasteiger partial charge >= 0.3 is 5.97 Å². The Balaban J connectivity index is 0.791. The molecular weight excluding hydrogens is 927 g/mol. The first kappa shape index (κ1) is 49.9. The van der Waals surface area contributed by atoms with Crippen LogP contribution < -0.4 is 21.1 Å². The number of hydrogen-bond donors (Lipinski definition) is 5. The minimum Gasteiger partial charge on any atom is -0.506 e. The van der Waals surface area contributed by atoms with E-state index in [1.807, 2.05) is 59.3 Å². The number of rotatable bonds is 17. The number of benzene rings is 3. The molecule has 13 nitrogen and oxygen atoms in total. The lowest BCUT2D eigenvalue weighted by atomic mass is 9.61. The zero-order chi connectivity index (χ0) is 49.1. The summed E-state index contributed by atoms with van der Waals surface area (Å²) in [7, 11) is -0.504. The number of hydrogen-bond acceptors (Lipinski definition) is 12. The second kappa shape index (κ2) is 20.5. The first-order valence-corrected chi connectivity index (χ1v) is 28.3. The summed E-state index contributed by atoms with van der Waals surface area (Å²) in [6.45, 7) is 14.4. The first-order valence-electron chi connectivity index (χ1n) is 23.6. The van der Waals surface area contributed by atoms with Gasteiger partial charge < -0.3 is 44.8 Å². The summed E-state index contributed by atoms with van der Waals surface area (Å²) >= 11 is 2.68. The van der Waals surface area contributed by atoms with E-state index in [1.165, 1.54) is 28.7 Å². The topological polar surface area (TPSA) is 174 Å². The van der Waals surface area contributed by atoms with E-state index < -0.39 is 19.9 Å². The number of nitrogens with one attached hydrogen (secondary N) is 3. The van der Waals surface area contributed by atoms with Crippen molar-refractivity contribution in [3.8, 4) is 5.75 Å². The number of esters is 1. The van der Waals surface area contributed by atoms with Gasteiger partial charge in [0, 0.05) is 61.5 Å². The van der Waals surface area contributed by atoms with Crippen LogP contribution in [0.3, 0.4) is 0 Å². The Bertz CT molecular complexity index is 2770. The Labute approximate surface area is 412 Å². The van der Waals surface area contributed by atoms with E-state index in [9.17, 15) is 29.4 Å². The van der Waals surface area contributed by atoms with Gasteiger partial charge in [-0.25, -0.2) is 4.79 Å². The number of carbonyl (C=O) groups is 3. The molecule has 2 fully saturated rings. The Morgan fingerprint density at radius 1 is 0.928 bits per heavy atom. The highest BCUT2D eigenvalue weighted by Crippen LogP contribution is 2.51. The molecule has 2 amide bonds. The second-order valence-electron chi connectivity index (χ2n) is 20.1. The van der Waals surface area contributed by atoms with E-state index in [0.717, 1.165) is 55.3 Å². The summed E-state index contributed by atoms with van der Waals surface area (Å²) in [5.74, 6) is -0.935. The van der Waals surface area contributed by atoms with Crippen molar-refractivity contribution >= 4 is 71.1 Å². The Morgan fingerprint density at radius 2 is 1.61 bits per heavy atom. The number of fused-ring (bicyclic) bond motifs is 1. The van der Waals surface area contributed by atoms with Crippen molar-refractivity contribution in [2.45, 2.75) is 95.4 Å². The lowest BCUT2D eigenvalue weighted by molar-refractivity contribution is -0.181. The van der Waals surface area contributed by atoms with Crippen molar-refractivity contribution in [3.05, 3.63) is 145 Å². The van der Waals surface area contributed by atoms with Crippen LogP contribution in [0.4, 0.5) is 11.4 Å². The predicted octanol–water partition coefficient (Wildman–Crippen LogP) is 9.54. The molecule has 3 aromatic heterocycles. The number of aliphatic hydroxyl groups is 1. The summed E-state index contributed by atoms with van der Waals surface area (Å²) < 4.78 is 12.9. The molecule has 0 bridgehead atoms. The fourth-order valence-corrected chi connectivity index (χ4v) is 12.1. The molecule has 1 saturated carbocycles. The van der Waals surface area contributed by atoms with Gasteiger partial charge in [0.05, 0.1) is 21.4 Å². The van der Waals surface area contributed by atoms with Crippen LogP contribution in [0.2, 0.25) is 18.1 Å². The SMILES string of the molecule is CN(C(=O)CCN1CCC2(CC1)CC(OC(=O)C(O)(c1cccs1)c1cccs1)C2)c1cccc(C(=O)Nc2ccc(CNC[C@H](O[Si](C)(C)C(C)(C)C)c3ccc(O)c4[nH]c(=O)ccc34)cc2)c1. The number of anilines is 2. The number of aromatic nitrogens is 1. The molecule has 4 heterocycles. The molecule has 3 aromatic carbocycles. The number of nitrogens with zero attached hydrogens (tertiary/aromatic N) is 2. The first-order chi connectivity index (χ1) is 32.8. The maximum Gasteiger partial charge on any atom is 0.349 e. The quantitative estimate of drug-likeness (QED) is 0.0438. The zero-order valence-corrected chi connectivity index (χ0v) is 42.8. The monoisotopic (exact) mass is 989 g/mol. The van der Waals surface area contributed by atoms with Crippen molar-refractivity contribution in [1.82, 2.24) is 15.2 Å². The number of likely N-dealkylation sites (tertiary alicyclic amines) is 1. The normalized spacial score (nSPS) is 16.0. The third-order valence-corrected chi connectivity index (χ3v) is 20.9. The van der Waals surface area contributed by atoms with Gasteiger partial charge in [-0.15, -0.1) is 22.7 Å². The van der Waals surface area contributed by atoms with Gasteiger partial charge in [0.25, 0.3) is 5.91 Å². The van der Waals surface area contributed by atoms with Crippen LogP contribution in [-0.2, 0) is 30.9 Å². The number of aromatic amines is 1. The standard InChI is InChI=1S/C53H63N5O8S2Si/c1-51(2,3)69(5,6)66-43(40-18-20-42(59)48-41(40)19-21-46(60)56-48)34-54-33-35-14-16-37(17-15-35)55-49(62)36-10-7-11-38(30-36)57(4)47(61)22-25-58-26-23-52(24-27-58)31-39(32-52)65-50(63)53(64,44-12-8-28-67-44)45-13-9-29-68-45/h7-21,28-30,39,43,54,59,64H,22-27,31-34H2,1-6H3,(H,55,62)(H,56,60)/t43-/m0/s1. The number of phenols is 1. The molecule has 0 radical (unpaired) electrons. The van der Waals surface area contributed by atoms with Crippen LogP contribution >= 0.6 is 22.7 Å². The van der Waals surface area contributed by atoms with Crippen molar-refractivity contribution in [3.63, 3.8) is 0 Å². The average molecular weight is 990 g/mol. The molecule has 6 aromatic rings. The molecule has 364 valence electrons. The third kappa shape index (κ3) is 11.1. The third-order valence-electron chi connectivity index (χ3n) is 14.4. The highest BCUT2D eigenvalue weighted by atomic mass is 32.1. The summed E-state index contributed by atoms with van der Waals surface area (Å²) in [6.07, 6.45) is 3.23. The Kier molecular flexibility index (Phi) is 14.8. The molecule has 1 saturated heterocycles. The molecule has 1 aliphatic heterocycles. The Morgan fingerprint density at radius 3 is 2.25 bits per heavy atom. The van der Waals surface area contributed by atoms with E-state index in [1.54, 1.807) is 54.4 Å². The van der Waals surface area contributed by atoms with Gasteiger partial charge in [-0.1, -0.05) is 57.2 Å². The molecule has 0 unspecified atom stereocenters. The number of H-pyrrole nitrogens is 1. The van der Waals surface area contributed by atoms with Gasteiger partial charge in [0.2, 0.25) is 17.1 Å². The molecule has 1 spiro atoms. The zero-order valence-electron chi connectivity index (χ0n) is 40.2. The number of thiophene rings is 2. The fraction of sp³-hybridized carbons (Fsp3) is 0.396. The van der Waals surface area contributed by atoms with Crippen LogP contribution in [-0.4, -0.2) is 85.5 Å². The molecular formula is C53H63N5O8S2Si. The van der Waals surface area contributed by atoms with Crippen LogP contribution in [0.5, 0.6) is 5.75 Å². The van der Waals surface area contributed by atoms with Gasteiger partial charge in [-0.2, -0.15) is 0 Å². The highest BCUT2D eigenvalue weighted by Gasteiger charge is 2.51. The number of aromatic hydroxyl groups is 1. The minimum absolute atomic E-state index is 0.00663. The van der Waals surface area contributed by atoms with E-state index in [4.69, 9.17) is 9.16 Å². The van der Waals surface area contributed by atoms with Crippen molar-refractivity contribution < 1.29 is 33.8 Å². The number of amides is 2. The van der Waals surface area contributed by atoms with Crippen molar-refractivity contribution in [2.75, 3.05) is 43.4 Å². The van der Waals surface area contributed by atoms with Gasteiger partial charge in [0.15, 0.2) is 8.32 Å². The number of phenolic OH excluding ortho intramolecular Hbond substituents is 1. The smallest absolute Gasteiger partial charge is 0.349 e. The van der Waals surface area contributed by atoms with Gasteiger partial charge in [-0.05, 0) is 139 Å². The number of ether oxygens (including phenoxy) is 1. The number of pyridine rings is 1. The molecule has 16 heteroatoms. The van der Waals surface area contributed by atoms with Crippen molar-refractivity contribution in [2.24, 2.45) is 5.41 Å². The maximum atomic E-state index is 13.5. The van der Waals surface area contributed by atoms with Crippen LogP contribution in [0, 0.1) is 5.41 Å². The summed E-state index contributed by atoms with van der Waals surface area (Å²) in [5, 5.41) is 33.1. The second-order valence-corrected chi connectivity index (χ2v) is 26.8. The van der Waals surface area contributed by atoms with Crippen molar-refractivity contribution in [1.29, 1.82) is 0 Å². The molecule has 2 aliphatic rings. The van der Waals surface area contributed by atoms with Gasteiger partial charge in [0.1, 0.15) is 11.9 Å².